The Morgan fingerprint density at radius 3 is 1.87 bits per heavy atom. The van der Waals surface area contributed by atoms with Crippen molar-refractivity contribution < 1.29 is 22.5 Å². The van der Waals surface area contributed by atoms with Crippen molar-refractivity contribution in [3.63, 3.8) is 0 Å². The molecule has 1 aliphatic carbocycles. The second-order valence-electron chi connectivity index (χ2n) is 11.4. The quantitative estimate of drug-likeness (QED) is 0.0998. The Labute approximate surface area is 277 Å². The Bertz CT molecular complexity index is 2340. The molecule has 4 aromatic rings. The average Bonchev–Trinajstić information content (AvgIpc) is 3.03. The molecular weight excluding hydrogens is 634 g/mol. The zero-order valence-corrected chi connectivity index (χ0v) is 27.3. The molecule has 0 radical (unpaired) electrons. The summed E-state index contributed by atoms with van der Waals surface area (Å²) in [5.74, 6) is -0.0484. The Hall–Kier alpha value is -5.15. The molecule has 236 valence electrons. The minimum absolute atomic E-state index is 0.0265. The summed E-state index contributed by atoms with van der Waals surface area (Å²) in [4.78, 5) is 14.2. The molecule has 2 aliphatic rings. The van der Waals surface area contributed by atoms with Crippen LogP contribution >= 0.6 is 11.6 Å². The minimum Gasteiger partial charge on any atom is -0.506 e. The van der Waals surface area contributed by atoms with Crippen LogP contribution in [0, 0.1) is 6.92 Å². The van der Waals surface area contributed by atoms with E-state index in [2.05, 4.69) is 29.2 Å². The first-order valence-corrected chi connectivity index (χ1v) is 16.4. The van der Waals surface area contributed by atoms with Crippen molar-refractivity contribution in [3.8, 4) is 28.2 Å². The van der Waals surface area contributed by atoms with E-state index < -0.39 is 10.1 Å². The Kier molecular flexibility index (Phi) is 8.51. The van der Waals surface area contributed by atoms with Crippen LogP contribution in [0.15, 0.2) is 105 Å². The average molecular weight is 664 g/mol. The summed E-state index contributed by atoms with van der Waals surface area (Å²) in [6.07, 6.45) is 7.69. The van der Waals surface area contributed by atoms with Crippen LogP contribution in [0.5, 0.6) is 5.75 Å². The smallest absolute Gasteiger partial charge is 0.295 e. The molecule has 0 saturated carbocycles. The van der Waals surface area contributed by atoms with Gasteiger partial charge >= 0.3 is 0 Å². The first kappa shape index (κ1) is 31.8. The van der Waals surface area contributed by atoms with Gasteiger partial charge in [0.2, 0.25) is 0 Å². The van der Waals surface area contributed by atoms with Gasteiger partial charge in [-0.2, -0.15) is 8.42 Å². The summed E-state index contributed by atoms with van der Waals surface area (Å²) in [6, 6.07) is 26.6. The Morgan fingerprint density at radius 1 is 0.745 bits per heavy atom. The van der Waals surface area contributed by atoms with Crippen molar-refractivity contribution >= 4 is 62.7 Å². The lowest BCUT2D eigenvalue weighted by atomic mass is 9.92. The third-order valence-corrected chi connectivity index (χ3v) is 9.12. The van der Waals surface area contributed by atoms with Gasteiger partial charge in [0.25, 0.3) is 10.1 Å². The Balaban J connectivity index is 1.36. The third kappa shape index (κ3) is 6.71. The number of phenolic OH excluding ortho intramolecular Hbond substituents is 1. The molecule has 0 saturated heterocycles. The largest absolute Gasteiger partial charge is 0.506 e. The molecular formula is C38H30ClNO6S. The fourth-order valence-corrected chi connectivity index (χ4v) is 6.27. The van der Waals surface area contributed by atoms with Gasteiger partial charge in [-0.1, -0.05) is 84.4 Å². The summed E-state index contributed by atoms with van der Waals surface area (Å²) in [7, 11) is -0.711. The number of hydrogen-bond acceptors (Lipinski definition) is 6. The predicted octanol–water partition coefficient (Wildman–Crippen LogP) is 8.89. The van der Waals surface area contributed by atoms with E-state index in [9.17, 15) is 22.9 Å². The molecule has 0 spiro atoms. The molecule has 1 aliphatic heterocycles. The molecule has 0 bridgehead atoms. The number of rotatable bonds is 7. The molecule has 6 rings (SSSR count). The fourth-order valence-electron chi connectivity index (χ4n) is 5.37. The molecule has 2 N–H and O–H groups in total. The van der Waals surface area contributed by atoms with E-state index >= 15 is 0 Å². The second kappa shape index (κ2) is 12.6. The highest BCUT2D eigenvalue weighted by Gasteiger charge is 2.25. The zero-order chi connectivity index (χ0) is 33.5. The maximum atomic E-state index is 12.8. The van der Waals surface area contributed by atoms with Gasteiger partial charge in [0.1, 0.15) is 22.0 Å². The number of halogens is 1. The van der Waals surface area contributed by atoms with Gasteiger partial charge in [-0.15, -0.1) is 0 Å². The van der Waals surface area contributed by atoms with Crippen LogP contribution in [0.3, 0.4) is 0 Å². The monoisotopic (exact) mass is 663 g/mol. The highest BCUT2D eigenvalue weighted by atomic mass is 35.5. The molecule has 0 atom stereocenters. The summed E-state index contributed by atoms with van der Waals surface area (Å²) >= 11 is 6.26. The Morgan fingerprint density at radius 2 is 1.30 bits per heavy atom. The number of fused-ring (bicyclic) bond motifs is 2. The summed E-state index contributed by atoms with van der Waals surface area (Å²) in [5, 5.41) is 10.7. The van der Waals surface area contributed by atoms with E-state index in [0.717, 1.165) is 22.4 Å². The van der Waals surface area contributed by atoms with Gasteiger partial charge in [-0.25, -0.2) is 0 Å². The zero-order valence-electron chi connectivity index (χ0n) is 25.7. The molecule has 0 unspecified atom stereocenters. The van der Waals surface area contributed by atoms with Gasteiger partial charge in [-0.3, -0.25) is 9.35 Å². The van der Waals surface area contributed by atoms with E-state index in [4.69, 9.17) is 16.0 Å². The van der Waals surface area contributed by atoms with Gasteiger partial charge in [0.15, 0.2) is 5.43 Å². The van der Waals surface area contributed by atoms with Crippen LogP contribution in [0.4, 0.5) is 5.69 Å². The van der Waals surface area contributed by atoms with Crippen molar-refractivity contribution in [2.75, 3.05) is 19.0 Å². The molecule has 0 fully saturated rings. The van der Waals surface area contributed by atoms with E-state index in [-0.39, 0.29) is 38.0 Å². The maximum Gasteiger partial charge on any atom is 0.295 e. The predicted molar refractivity (Wildman–Crippen MR) is 191 cm³/mol. The first-order valence-electron chi connectivity index (χ1n) is 14.6. The molecule has 0 aromatic heterocycles. The lowest BCUT2D eigenvalue weighted by Gasteiger charge is -2.18. The number of nitrogens with zero attached hydrogens (tertiary/aromatic N) is 1. The second-order valence-corrected chi connectivity index (χ2v) is 13.2. The molecule has 9 heteroatoms. The van der Waals surface area contributed by atoms with Crippen molar-refractivity contribution in [1.29, 1.82) is 0 Å². The van der Waals surface area contributed by atoms with Crippen molar-refractivity contribution in [2.24, 2.45) is 0 Å². The summed E-state index contributed by atoms with van der Waals surface area (Å²) in [6.45, 7) is 1.64. The van der Waals surface area contributed by atoms with Gasteiger partial charge in [-0.05, 0) is 65.1 Å². The van der Waals surface area contributed by atoms with Crippen molar-refractivity contribution in [2.45, 2.75) is 11.8 Å². The summed E-state index contributed by atoms with van der Waals surface area (Å²) in [5.41, 5.74) is 6.04. The molecule has 47 heavy (non-hydrogen) atoms. The van der Waals surface area contributed by atoms with Crippen LogP contribution in [0.1, 0.15) is 27.8 Å². The van der Waals surface area contributed by atoms with E-state index in [0.29, 0.717) is 27.6 Å². The number of benzene rings is 5. The number of aromatic hydroxyl groups is 1. The molecule has 1 heterocycles. The van der Waals surface area contributed by atoms with Crippen LogP contribution in [0.25, 0.3) is 57.7 Å². The van der Waals surface area contributed by atoms with Gasteiger partial charge < -0.3 is 14.4 Å². The van der Waals surface area contributed by atoms with Crippen LogP contribution < -0.4 is 10.3 Å². The van der Waals surface area contributed by atoms with Crippen LogP contribution in [-0.4, -0.2) is 32.2 Å². The number of hydrogen-bond donors (Lipinski definition) is 2. The highest BCUT2D eigenvalue weighted by molar-refractivity contribution is 7.86. The van der Waals surface area contributed by atoms with E-state index in [1.165, 1.54) is 24.3 Å². The third-order valence-electron chi connectivity index (χ3n) is 7.92. The molecule has 0 amide bonds. The number of anilines is 1. The lowest BCUT2D eigenvalue weighted by Crippen LogP contribution is -2.07. The van der Waals surface area contributed by atoms with Crippen molar-refractivity contribution in [3.05, 3.63) is 134 Å². The minimum atomic E-state index is -4.72. The molecule has 4 aromatic carbocycles. The van der Waals surface area contributed by atoms with Gasteiger partial charge in [0, 0.05) is 54.0 Å². The van der Waals surface area contributed by atoms with E-state index in [1.54, 1.807) is 31.2 Å². The normalized spacial score (nSPS) is 12.1. The van der Waals surface area contributed by atoms with E-state index in [1.807, 2.05) is 56.6 Å². The van der Waals surface area contributed by atoms with Crippen molar-refractivity contribution in [1.82, 2.24) is 0 Å². The first-order chi connectivity index (χ1) is 22.4. The standard InChI is InChI=1S/C38H30ClNO6S/c1-23-18-30-35(21-33(23)41)46-36-22-34(42)32(39)20-31(36)38(30)29-17-14-27(19-37(29)47(43,44)45)11-10-25-6-4-24(5-7-25)8-9-26-12-15-28(16-13-26)40(2)3/h4-22,42H,1-3H3,(H,43,44,45)/b9-8+,11-10+. The number of aryl methyl sites for hydroxylation is 1. The highest BCUT2D eigenvalue weighted by Crippen LogP contribution is 2.45. The lowest BCUT2D eigenvalue weighted by molar-refractivity contribution is 0.474. The SMILES string of the molecule is Cc1cc2c(-c3ccc(/C=C/c4ccc(/C=C/c5ccc(N(C)C)cc5)cc4)cc3S(=O)(=O)O)c3cc(Cl)c(O)cc3oc-2cc1=O. The number of phenols is 1. The molecule has 7 nitrogen and oxygen atoms in total. The van der Waals surface area contributed by atoms with Crippen LogP contribution in [-0.2, 0) is 10.1 Å². The summed E-state index contributed by atoms with van der Waals surface area (Å²) < 4.78 is 41.9. The maximum absolute atomic E-state index is 12.8. The topological polar surface area (TPSA) is 108 Å². The fraction of sp³-hybridized carbons (Fsp3) is 0.0789. The van der Waals surface area contributed by atoms with Crippen LogP contribution in [0.2, 0.25) is 5.02 Å². The van der Waals surface area contributed by atoms with Gasteiger partial charge in [0.05, 0.1) is 5.02 Å².